The third-order valence-electron chi connectivity index (χ3n) is 4.34. The lowest BCUT2D eigenvalue weighted by Gasteiger charge is -2.33. The third-order valence-corrected chi connectivity index (χ3v) is 4.34. The maximum absolute atomic E-state index is 10.7. The van der Waals surface area contributed by atoms with Crippen LogP contribution in [-0.2, 0) is 7.05 Å². The molecular formula is C15H23N3O. The molecule has 0 aromatic carbocycles. The van der Waals surface area contributed by atoms with E-state index >= 15 is 0 Å². The molecule has 2 rings (SSSR count). The average Bonchev–Trinajstić information content (AvgIpc) is 2.68. The third kappa shape index (κ3) is 2.82. The Bertz CT molecular complexity index is 464. The average molecular weight is 261 g/mol. The minimum Gasteiger partial charge on any atom is -0.387 e. The van der Waals surface area contributed by atoms with Gasteiger partial charge in [0.2, 0.25) is 0 Å². The van der Waals surface area contributed by atoms with Gasteiger partial charge in [0.05, 0.1) is 17.2 Å². The molecule has 1 atom stereocenters. The standard InChI is InChI=1S/C15H23N3O/c1-12-13(10-18(2)17-12)14(19)15(11-16)8-6-4-3-5-7-9-15/h10,14,19H,3-9H2,1-2H3. The zero-order valence-electron chi connectivity index (χ0n) is 11.9. The number of hydrogen-bond donors (Lipinski definition) is 1. The molecule has 0 bridgehead atoms. The Morgan fingerprint density at radius 2 is 1.89 bits per heavy atom. The molecule has 1 saturated carbocycles. The minimum absolute atomic E-state index is 0.631. The van der Waals surface area contributed by atoms with Crippen LogP contribution >= 0.6 is 0 Å². The van der Waals surface area contributed by atoms with Gasteiger partial charge in [-0.05, 0) is 19.8 Å². The fourth-order valence-electron chi connectivity index (χ4n) is 3.17. The van der Waals surface area contributed by atoms with Crippen molar-refractivity contribution in [2.45, 2.75) is 58.0 Å². The molecule has 0 saturated heterocycles. The lowest BCUT2D eigenvalue weighted by Crippen LogP contribution is -2.28. The van der Waals surface area contributed by atoms with Gasteiger partial charge < -0.3 is 5.11 Å². The van der Waals surface area contributed by atoms with E-state index in [1.54, 1.807) is 4.68 Å². The van der Waals surface area contributed by atoms with E-state index in [2.05, 4.69) is 11.2 Å². The van der Waals surface area contributed by atoms with Crippen LogP contribution in [0.2, 0.25) is 0 Å². The lowest BCUT2D eigenvalue weighted by atomic mass is 9.71. The lowest BCUT2D eigenvalue weighted by molar-refractivity contribution is 0.0429. The van der Waals surface area contributed by atoms with E-state index in [-0.39, 0.29) is 0 Å². The number of aliphatic hydroxyl groups is 1. The van der Waals surface area contributed by atoms with Crippen molar-refractivity contribution in [1.29, 1.82) is 5.26 Å². The van der Waals surface area contributed by atoms with E-state index in [4.69, 9.17) is 0 Å². The first-order valence-electron chi connectivity index (χ1n) is 7.18. The zero-order chi connectivity index (χ0) is 13.9. The molecule has 0 radical (unpaired) electrons. The number of aromatic nitrogens is 2. The quantitative estimate of drug-likeness (QED) is 0.890. The van der Waals surface area contributed by atoms with Gasteiger partial charge in [0.15, 0.2) is 0 Å². The molecule has 4 nitrogen and oxygen atoms in total. The molecule has 4 heteroatoms. The summed E-state index contributed by atoms with van der Waals surface area (Å²) in [6.45, 7) is 1.90. The number of nitrogens with zero attached hydrogens (tertiary/aromatic N) is 3. The summed E-state index contributed by atoms with van der Waals surface area (Å²) >= 11 is 0. The van der Waals surface area contributed by atoms with E-state index in [0.29, 0.717) is 0 Å². The summed E-state index contributed by atoms with van der Waals surface area (Å²) in [4.78, 5) is 0. The van der Waals surface area contributed by atoms with Gasteiger partial charge in [-0.3, -0.25) is 4.68 Å². The Labute approximate surface area is 115 Å². The van der Waals surface area contributed by atoms with Crippen molar-refractivity contribution in [2.75, 3.05) is 0 Å². The monoisotopic (exact) mass is 261 g/mol. The topological polar surface area (TPSA) is 61.8 Å². The summed E-state index contributed by atoms with van der Waals surface area (Å²) in [5.41, 5.74) is 1.00. The second-order valence-corrected chi connectivity index (χ2v) is 5.78. The Balaban J connectivity index is 2.28. The highest BCUT2D eigenvalue weighted by Crippen LogP contribution is 2.44. The largest absolute Gasteiger partial charge is 0.387 e. The molecule has 1 unspecified atom stereocenters. The van der Waals surface area contributed by atoms with Gasteiger partial charge >= 0.3 is 0 Å². The molecule has 0 amide bonds. The molecular weight excluding hydrogens is 238 g/mol. The molecule has 1 aromatic heterocycles. The number of rotatable bonds is 2. The SMILES string of the molecule is Cc1nn(C)cc1C(O)C1(C#N)CCCCCCC1. The van der Waals surface area contributed by atoms with Crippen molar-refractivity contribution in [3.05, 3.63) is 17.5 Å². The molecule has 1 heterocycles. The van der Waals surface area contributed by atoms with Gasteiger partial charge in [-0.25, -0.2) is 0 Å². The van der Waals surface area contributed by atoms with E-state index < -0.39 is 11.5 Å². The molecule has 1 aliphatic rings. The molecule has 1 aromatic rings. The Morgan fingerprint density at radius 1 is 1.32 bits per heavy atom. The molecule has 104 valence electrons. The predicted octanol–water partition coefficient (Wildman–Crippen LogP) is 3.02. The van der Waals surface area contributed by atoms with Gasteiger partial charge in [0.25, 0.3) is 0 Å². The maximum atomic E-state index is 10.7. The van der Waals surface area contributed by atoms with Crippen molar-refractivity contribution < 1.29 is 5.11 Å². The van der Waals surface area contributed by atoms with Crippen LogP contribution in [0.15, 0.2) is 6.20 Å². The van der Waals surface area contributed by atoms with Gasteiger partial charge in [0.1, 0.15) is 6.10 Å². The zero-order valence-corrected chi connectivity index (χ0v) is 11.9. The second kappa shape index (κ2) is 5.75. The molecule has 1 N–H and O–H groups in total. The summed E-state index contributed by atoms with van der Waals surface area (Å²) in [5, 5.41) is 24.7. The highest BCUT2D eigenvalue weighted by Gasteiger charge is 2.40. The first-order chi connectivity index (χ1) is 9.09. The molecule has 19 heavy (non-hydrogen) atoms. The Hall–Kier alpha value is -1.34. The summed E-state index contributed by atoms with van der Waals surface area (Å²) < 4.78 is 1.71. The second-order valence-electron chi connectivity index (χ2n) is 5.78. The van der Waals surface area contributed by atoms with Crippen LogP contribution in [0.4, 0.5) is 0 Å². The van der Waals surface area contributed by atoms with Crippen LogP contribution in [-0.4, -0.2) is 14.9 Å². The van der Waals surface area contributed by atoms with Crippen molar-refractivity contribution in [2.24, 2.45) is 12.5 Å². The number of hydrogen-bond acceptors (Lipinski definition) is 3. The van der Waals surface area contributed by atoms with Crippen molar-refractivity contribution in [3.63, 3.8) is 0 Å². The van der Waals surface area contributed by atoms with Crippen LogP contribution in [0.1, 0.15) is 62.3 Å². The first kappa shape index (κ1) is 14.1. The van der Waals surface area contributed by atoms with Crippen molar-refractivity contribution in [1.82, 2.24) is 9.78 Å². The van der Waals surface area contributed by atoms with E-state index in [1.807, 2.05) is 20.2 Å². The first-order valence-corrected chi connectivity index (χ1v) is 7.18. The summed E-state index contributed by atoms with van der Waals surface area (Å²) in [6.07, 6.45) is 8.36. The number of nitriles is 1. The van der Waals surface area contributed by atoms with E-state index in [1.165, 1.54) is 19.3 Å². The van der Waals surface area contributed by atoms with Crippen LogP contribution in [0.5, 0.6) is 0 Å². The van der Waals surface area contributed by atoms with Crippen LogP contribution < -0.4 is 0 Å². The van der Waals surface area contributed by atoms with Gasteiger partial charge in [-0.15, -0.1) is 0 Å². The molecule has 0 spiro atoms. The number of aliphatic hydroxyl groups excluding tert-OH is 1. The van der Waals surface area contributed by atoms with Gasteiger partial charge in [-0.2, -0.15) is 10.4 Å². The van der Waals surface area contributed by atoms with Crippen LogP contribution in [0.25, 0.3) is 0 Å². The highest BCUT2D eigenvalue weighted by atomic mass is 16.3. The minimum atomic E-state index is -0.718. The van der Waals surface area contributed by atoms with Crippen molar-refractivity contribution in [3.8, 4) is 6.07 Å². The smallest absolute Gasteiger partial charge is 0.101 e. The van der Waals surface area contributed by atoms with Crippen LogP contribution in [0.3, 0.4) is 0 Å². The van der Waals surface area contributed by atoms with E-state index in [0.717, 1.165) is 36.9 Å². The summed E-state index contributed by atoms with van der Waals surface area (Å²) in [5.74, 6) is 0. The van der Waals surface area contributed by atoms with E-state index in [9.17, 15) is 10.4 Å². The molecule has 1 fully saturated rings. The summed E-state index contributed by atoms with van der Waals surface area (Å²) in [6, 6.07) is 2.43. The highest BCUT2D eigenvalue weighted by molar-refractivity contribution is 5.24. The Kier molecular flexibility index (Phi) is 4.26. The summed E-state index contributed by atoms with van der Waals surface area (Å²) in [7, 11) is 1.85. The predicted molar refractivity (Wildman–Crippen MR) is 73.3 cm³/mol. The van der Waals surface area contributed by atoms with Crippen molar-refractivity contribution >= 4 is 0 Å². The maximum Gasteiger partial charge on any atom is 0.101 e. The number of aryl methyl sites for hydroxylation is 2. The molecule has 1 aliphatic carbocycles. The normalized spacial score (nSPS) is 21.2. The van der Waals surface area contributed by atoms with Crippen LogP contribution in [0, 0.1) is 23.7 Å². The Morgan fingerprint density at radius 3 is 2.37 bits per heavy atom. The van der Waals surface area contributed by atoms with Gasteiger partial charge in [-0.1, -0.05) is 32.1 Å². The van der Waals surface area contributed by atoms with Gasteiger partial charge in [0, 0.05) is 18.8 Å². The fourth-order valence-corrected chi connectivity index (χ4v) is 3.17. The fraction of sp³-hybridized carbons (Fsp3) is 0.733. The molecule has 0 aliphatic heterocycles.